The molecule has 0 fully saturated rings. The van der Waals surface area contributed by atoms with Gasteiger partial charge in [0, 0.05) is 17.8 Å². The van der Waals surface area contributed by atoms with E-state index in [1.807, 2.05) is 0 Å². The number of nitrogens with one attached hydrogen (secondary N) is 1. The molecule has 1 atom stereocenters. The van der Waals surface area contributed by atoms with Gasteiger partial charge >= 0.3 is 6.18 Å². The van der Waals surface area contributed by atoms with Crippen molar-refractivity contribution in [2.45, 2.75) is 25.6 Å². The Kier molecular flexibility index (Phi) is 6.70. The van der Waals surface area contributed by atoms with Crippen molar-refractivity contribution in [3.05, 3.63) is 64.2 Å². The molecular formula is C18H18F3N3O5S. The first-order valence-corrected chi connectivity index (χ1v) is 10.4. The summed E-state index contributed by atoms with van der Waals surface area (Å²) in [6, 6.07) is 7.16. The maximum Gasteiger partial charge on any atom is 0.416 e. The van der Waals surface area contributed by atoms with Gasteiger partial charge in [0.05, 0.1) is 22.4 Å². The van der Waals surface area contributed by atoms with Crippen molar-refractivity contribution in [1.29, 1.82) is 0 Å². The van der Waals surface area contributed by atoms with Crippen LogP contribution in [0.1, 0.15) is 18.9 Å². The topological polar surface area (TPSA) is 110 Å². The summed E-state index contributed by atoms with van der Waals surface area (Å²) in [4.78, 5) is 23.0. The minimum absolute atomic E-state index is 0.00221. The van der Waals surface area contributed by atoms with Crippen molar-refractivity contribution in [2.24, 2.45) is 0 Å². The number of rotatable bonds is 7. The van der Waals surface area contributed by atoms with Crippen LogP contribution < -0.4 is 9.62 Å². The van der Waals surface area contributed by atoms with Gasteiger partial charge in [-0.25, -0.2) is 8.42 Å². The normalized spacial score (nSPS) is 12.8. The summed E-state index contributed by atoms with van der Waals surface area (Å²) in [5, 5.41) is 13.4. The van der Waals surface area contributed by atoms with Gasteiger partial charge in [0.15, 0.2) is 0 Å². The summed E-state index contributed by atoms with van der Waals surface area (Å²) in [5.41, 5.74) is -1.30. The van der Waals surface area contributed by atoms with E-state index < -0.39 is 38.6 Å². The molecule has 0 spiro atoms. The minimum atomic E-state index is -4.54. The van der Waals surface area contributed by atoms with Crippen LogP contribution in [0.5, 0.6) is 0 Å². The molecule has 0 aromatic heterocycles. The third-order valence-corrected chi connectivity index (χ3v) is 5.28. The van der Waals surface area contributed by atoms with Gasteiger partial charge in [0.2, 0.25) is 15.9 Å². The number of nitro benzene ring substituents is 1. The number of hydrogen-bond donors (Lipinski definition) is 1. The van der Waals surface area contributed by atoms with Crippen molar-refractivity contribution >= 4 is 33.0 Å². The highest BCUT2D eigenvalue weighted by Gasteiger charge is 2.33. The first-order chi connectivity index (χ1) is 13.8. The highest BCUT2D eigenvalue weighted by atomic mass is 32.2. The van der Waals surface area contributed by atoms with Crippen LogP contribution in [0.4, 0.5) is 30.2 Å². The molecule has 30 heavy (non-hydrogen) atoms. The highest BCUT2D eigenvalue weighted by molar-refractivity contribution is 7.92. The fourth-order valence-corrected chi connectivity index (χ4v) is 3.98. The van der Waals surface area contributed by atoms with Crippen LogP contribution in [0.3, 0.4) is 0 Å². The maximum absolute atomic E-state index is 12.7. The van der Waals surface area contributed by atoms with Crippen LogP contribution in [0.15, 0.2) is 48.5 Å². The van der Waals surface area contributed by atoms with Gasteiger partial charge in [0.1, 0.15) is 6.04 Å². The number of hydrogen-bond acceptors (Lipinski definition) is 5. The average Bonchev–Trinajstić information content (AvgIpc) is 2.64. The Hall–Kier alpha value is -3.15. The molecule has 8 nitrogen and oxygen atoms in total. The Morgan fingerprint density at radius 2 is 1.80 bits per heavy atom. The molecule has 12 heteroatoms. The van der Waals surface area contributed by atoms with Gasteiger partial charge in [0.25, 0.3) is 5.69 Å². The Labute approximate surface area is 170 Å². The van der Waals surface area contributed by atoms with Crippen LogP contribution in [-0.2, 0) is 21.0 Å². The van der Waals surface area contributed by atoms with Crippen molar-refractivity contribution in [3.63, 3.8) is 0 Å². The van der Waals surface area contributed by atoms with E-state index in [1.54, 1.807) is 0 Å². The number of carbonyl (C=O) groups excluding carboxylic acids is 1. The second-order valence-corrected chi connectivity index (χ2v) is 8.18. The predicted octanol–water partition coefficient (Wildman–Crippen LogP) is 3.80. The van der Waals surface area contributed by atoms with Gasteiger partial charge in [-0.15, -0.1) is 0 Å². The number of alkyl halides is 3. The van der Waals surface area contributed by atoms with E-state index in [4.69, 9.17) is 0 Å². The summed E-state index contributed by atoms with van der Waals surface area (Å²) in [7, 11) is -4.03. The molecule has 0 aliphatic rings. The van der Waals surface area contributed by atoms with Crippen molar-refractivity contribution in [1.82, 2.24) is 0 Å². The van der Waals surface area contributed by atoms with Gasteiger partial charge in [-0.3, -0.25) is 19.2 Å². The monoisotopic (exact) mass is 445 g/mol. The quantitative estimate of drug-likeness (QED) is 0.515. The highest BCUT2D eigenvalue weighted by Crippen LogP contribution is 2.30. The van der Waals surface area contributed by atoms with Crippen LogP contribution in [0.25, 0.3) is 0 Å². The number of carbonyl (C=O) groups is 1. The Bertz CT molecular complexity index is 1040. The molecule has 2 aromatic carbocycles. The van der Waals surface area contributed by atoms with E-state index >= 15 is 0 Å². The number of halogens is 3. The van der Waals surface area contributed by atoms with Gasteiger partial charge in [-0.2, -0.15) is 13.2 Å². The lowest BCUT2D eigenvalue weighted by Gasteiger charge is -2.30. The smallest absolute Gasteiger partial charge is 0.324 e. The van der Waals surface area contributed by atoms with Crippen molar-refractivity contribution in [3.8, 4) is 0 Å². The molecule has 0 aliphatic heterocycles. The maximum atomic E-state index is 12.7. The number of amides is 1. The van der Waals surface area contributed by atoms with E-state index in [2.05, 4.69) is 5.32 Å². The third-order valence-electron chi connectivity index (χ3n) is 4.10. The lowest BCUT2D eigenvalue weighted by atomic mass is 10.1. The predicted molar refractivity (Wildman–Crippen MR) is 105 cm³/mol. The Morgan fingerprint density at radius 3 is 2.27 bits per heavy atom. The summed E-state index contributed by atoms with van der Waals surface area (Å²) in [6.07, 6.45) is -3.69. The fraction of sp³-hybridized carbons (Fsp3) is 0.278. The Morgan fingerprint density at radius 1 is 1.20 bits per heavy atom. The molecule has 0 radical (unpaired) electrons. The number of sulfonamides is 1. The first-order valence-electron chi connectivity index (χ1n) is 8.56. The molecule has 0 bridgehead atoms. The first kappa shape index (κ1) is 23.1. The van der Waals surface area contributed by atoms with E-state index in [0.717, 1.165) is 40.9 Å². The zero-order valence-corrected chi connectivity index (χ0v) is 16.7. The van der Waals surface area contributed by atoms with Gasteiger partial charge in [-0.05, 0) is 36.8 Å². The van der Waals surface area contributed by atoms with Crippen LogP contribution in [-0.4, -0.2) is 31.5 Å². The fourth-order valence-electron chi connectivity index (χ4n) is 2.77. The van der Waals surface area contributed by atoms with E-state index in [9.17, 15) is 36.5 Å². The molecule has 0 aliphatic carbocycles. The van der Waals surface area contributed by atoms with Crippen LogP contribution in [0, 0.1) is 10.1 Å². The Balaban J connectivity index is 2.36. The standard InChI is InChI=1S/C18H18F3N3O5S/c1-3-16(17(25)22-13-9-7-12(8-10-13)18(19,20)21)23(30(2,28)29)14-5-4-6-15(11-14)24(26)27/h4-11,16H,3H2,1-2H3,(H,22,25)/t16-/m1/s1. The number of nitrogens with zero attached hydrogens (tertiary/aromatic N) is 2. The molecule has 1 N–H and O–H groups in total. The lowest BCUT2D eigenvalue weighted by molar-refractivity contribution is -0.384. The van der Waals surface area contributed by atoms with E-state index in [1.165, 1.54) is 25.1 Å². The summed E-state index contributed by atoms with van der Waals surface area (Å²) in [6.45, 7) is 1.53. The SMILES string of the molecule is CC[C@H](C(=O)Nc1ccc(C(F)(F)F)cc1)N(c1cccc([N+](=O)[O-])c1)S(C)(=O)=O. The molecular weight excluding hydrogens is 427 g/mol. The largest absolute Gasteiger partial charge is 0.416 e. The average molecular weight is 445 g/mol. The molecule has 162 valence electrons. The van der Waals surface area contributed by atoms with Crippen molar-refractivity contribution < 1.29 is 31.3 Å². The molecule has 1 amide bonds. The molecule has 0 saturated carbocycles. The second-order valence-electron chi connectivity index (χ2n) is 6.32. The summed E-state index contributed by atoms with van der Waals surface area (Å²) < 4.78 is 63.5. The molecule has 2 rings (SSSR count). The molecule has 0 unspecified atom stereocenters. The summed E-state index contributed by atoms with van der Waals surface area (Å²) >= 11 is 0. The summed E-state index contributed by atoms with van der Waals surface area (Å²) in [5.74, 6) is -0.797. The van der Waals surface area contributed by atoms with E-state index in [0.29, 0.717) is 0 Å². The second kappa shape index (κ2) is 8.69. The van der Waals surface area contributed by atoms with Crippen LogP contribution >= 0.6 is 0 Å². The van der Waals surface area contributed by atoms with E-state index in [-0.39, 0.29) is 23.5 Å². The molecule has 0 heterocycles. The lowest BCUT2D eigenvalue weighted by Crippen LogP contribution is -2.47. The molecule has 0 saturated heterocycles. The number of anilines is 2. The zero-order chi connectivity index (χ0) is 22.7. The number of non-ortho nitro benzene ring substituents is 1. The van der Waals surface area contributed by atoms with Crippen LogP contribution in [0.2, 0.25) is 0 Å². The zero-order valence-electron chi connectivity index (χ0n) is 15.9. The van der Waals surface area contributed by atoms with Crippen molar-refractivity contribution in [2.75, 3.05) is 15.9 Å². The number of nitro groups is 1. The van der Waals surface area contributed by atoms with Gasteiger partial charge < -0.3 is 5.32 Å². The third kappa shape index (κ3) is 5.47. The molecule has 2 aromatic rings. The minimum Gasteiger partial charge on any atom is -0.324 e. The number of benzene rings is 2. The van der Waals surface area contributed by atoms with Gasteiger partial charge in [-0.1, -0.05) is 13.0 Å².